The van der Waals surface area contributed by atoms with Crippen molar-refractivity contribution in [3.05, 3.63) is 41.4 Å². The van der Waals surface area contributed by atoms with Crippen molar-refractivity contribution in [3.63, 3.8) is 0 Å². The van der Waals surface area contributed by atoms with Gasteiger partial charge in [0.05, 0.1) is 18.1 Å². The van der Waals surface area contributed by atoms with Gasteiger partial charge in [-0.25, -0.2) is 8.42 Å². The number of rotatable bonds is 3. The smallest absolute Gasteiger partial charge is 0.238 e. The van der Waals surface area contributed by atoms with Gasteiger partial charge >= 0.3 is 0 Å². The first-order valence-corrected chi connectivity index (χ1v) is 9.27. The number of carbonyl (C=O) groups excluding carboxylic acids is 1. The highest BCUT2D eigenvalue weighted by atomic mass is 35.5. The molecule has 0 bridgehead atoms. The zero-order valence-electron chi connectivity index (χ0n) is 12.4. The lowest BCUT2D eigenvalue weighted by Gasteiger charge is -2.26. The SMILES string of the molecule is O=C(CS(=O)(=O)c1ccc(Cl)c2ccccc12)N1CCOCC1. The van der Waals surface area contributed by atoms with Gasteiger partial charge in [0, 0.05) is 28.9 Å². The Labute approximate surface area is 139 Å². The van der Waals surface area contributed by atoms with Crippen molar-refractivity contribution in [2.45, 2.75) is 4.90 Å². The number of carbonyl (C=O) groups is 1. The number of benzene rings is 2. The quantitative estimate of drug-likeness (QED) is 0.848. The van der Waals surface area contributed by atoms with Crippen LogP contribution in [-0.2, 0) is 19.4 Å². The van der Waals surface area contributed by atoms with Gasteiger partial charge in [0.15, 0.2) is 9.84 Å². The second-order valence-electron chi connectivity index (χ2n) is 5.34. The van der Waals surface area contributed by atoms with Crippen molar-refractivity contribution >= 4 is 38.1 Å². The average molecular weight is 354 g/mol. The molecular formula is C16H16ClNO4S. The standard InChI is InChI=1S/C16H16ClNO4S/c17-14-5-6-15(13-4-2-1-3-12(13)14)23(20,21)11-16(19)18-7-9-22-10-8-18/h1-6H,7-11H2. The molecule has 0 unspecified atom stereocenters. The Kier molecular flexibility index (Phi) is 4.57. The molecule has 0 aromatic heterocycles. The molecule has 1 fully saturated rings. The Bertz CT molecular complexity index is 844. The Morgan fingerprint density at radius 3 is 2.43 bits per heavy atom. The van der Waals surface area contributed by atoms with Crippen LogP contribution in [-0.4, -0.2) is 51.3 Å². The molecule has 3 rings (SSSR count). The van der Waals surface area contributed by atoms with E-state index in [-0.39, 0.29) is 4.90 Å². The van der Waals surface area contributed by atoms with Crippen molar-refractivity contribution in [2.75, 3.05) is 32.1 Å². The molecule has 5 nitrogen and oxygen atoms in total. The molecule has 1 saturated heterocycles. The lowest BCUT2D eigenvalue weighted by Crippen LogP contribution is -2.43. The Hall–Kier alpha value is -1.63. The summed E-state index contributed by atoms with van der Waals surface area (Å²) in [7, 11) is -3.74. The molecule has 0 N–H and O–H groups in total. The fraction of sp³-hybridized carbons (Fsp3) is 0.312. The molecule has 0 radical (unpaired) electrons. The van der Waals surface area contributed by atoms with Crippen molar-refractivity contribution in [3.8, 4) is 0 Å². The van der Waals surface area contributed by atoms with Crippen LogP contribution in [0.15, 0.2) is 41.3 Å². The number of fused-ring (bicyclic) bond motifs is 1. The first kappa shape index (κ1) is 16.2. The molecule has 0 atom stereocenters. The second kappa shape index (κ2) is 6.47. The molecule has 7 heteroatoms. The first-order valence-electron chi connectivity index (χ1n) is 7.24. The molecule has 1 aliphatic rings. The summed E-state index contributed by atoms with van der Waals surface area (Å²) < 4.78 is 30.6. The van der Waals surface area contributed by atoms with E-state index < -0.39 is 21.5 Å². The molecule has 23 heavy (non-hydrogen) atoms. The van der Waals surface area contributed by atoms with E-state index in [0.717, 1.165) is 0 Å². The molecule has 2 aromatic carbocycles. The van der Waals surface area contributed by atoms with E-state index in [1.807, 2.05) is 0 Å². The maximum atomic E-state index is 12.7. The van der Waals surface area contributed by atoms with Gasteiger partial charge in [-0.2, -0.15) is 0 Å². The van der Waals surface area contributed by atoms with E-state index in [1.54, 1.807) is 30.3 Å². The molecule has 1 aliphatic heterocycles. The predicted octanol–water partition coefficient (Wildman–Crippen LogP) is 2.13. The lowest BCUT2D eigenvalue weighted by molar-refractivity contribution is -0.132. The zero-order valence-corrected chi connectivity index (χ0v) is 13.9. The number of hydrogen-bond acceptors (Lipinski definition) is 4. The number of hydrogen-bond donors (Lipinski definition) is 0. The summed E-state index contributed by atoms with van der Waals surface area (Å²) in [6.45, 7) is 1.73. The van der Waals surface area contributed by atoms with E-state index >= 15 is 0 Å². The second-order valence-corrected chi connectivity index (χ2v) is 7.71. The van der Waals surface area contributed by atoms with Gasteiger partial charge in [-0.05, 0) is 12.1 Å². The molecule has 122 valence electrons. The summed E-state index contributed by atoms with van der Waals surface area (Å²) in [6, 6.07) is 10.0. The van der Waals surface area contributed by atoms with Crippen molar-refractivity contribution in [1.29, 1.82) is 0 Å². The fourth-order valence-electron chi connectivity index (χ4n) is 2.65. The predicted molar refractivity (Wildman–Crippen MR) is 88.4 cm³/mol. The molecule has 0 saturated carbocycles. The van der Waals surface area contributed by atoms with Crippen LogP contribution in [0.25, 0.3) is 10.8 Å². The number of sulfone groups is 1. The van der Waals surface area contributed by atoms with Crippen molar-refractivity contribution in [1.82, 2.24) is 4.90 Å². The van der Waals surface area contributed by atoms with Crippen LogP contribution in [0.3, 0.4) is 0 Å². The zero-order chi connectivity index (χ0) is 16.4. The van der Waals surface area contributed by atoms with E-state index in [0.29, 0.717) is 42.1 Å². The minimum atomic E-state index is -3.74. The van der Waals surface area contributed by atoms with Crippen LogP contribution >= 0.6 is 11.6 Å². The number of morpholine rings is 1. The van der Waals surface area contributed by atoms with Crippen LogP contribution in [0.2, 0.25) is 5.02 Å². The topological polar surface area (TPSA) is 63.7 Å². The minimum Gasteiger partial charge on any atom is -0.378 e. The third kappa shape index (κ3) is 3.34. The molecule has 1 amide bonds. The average Bonchev–Trinajstić information content (AvgIpc) is 2.55. The summed E-state index contributed by atoms with van der Waals surface area (Å²) in [5, 5.41) is 1.68. The van der Waals surface area contributed by atoms with Gasteiger partial charge in [0.25, 0.3) is 0 Å². The van der Waals surface area contributed by atoms with Gasteiger partial charge in [-0.1, -0.05) is 35.9 Å². The Balaban J connectivity index is 1.94. The highest BCUT2D eigenvalue weighted by Crippen LogP contribution is 2.29. The molecule has 0 aliphatic carbocycles. The normalized spacial score (nSPS) is 15.8. The number of amides is 1. The summed E-state index contributed by atoms with van der Waals surface area (Å²) >= 11 is 6.12. The monoisotopic (exact) mass is 353 g/mol. The highest BCUT2D eigenvalue weighted by molar-refractivity contribution is 7.92. The summed E-state index contributed by atoms with van der Waals surface area (Å²) in [6.07, 6.45) is 0. The van der Waals surface area contributed by atoms with Gasteiger partial charge in [-0.3, -0.25) is 4.79 Å². The number of nitrogens with zero attached hydrogens (tertiary/aromatic N) is 1. The summed E-state index contributed by atoms with van der Waals surface area (Å²) in [4.78, 5) is 13.9. The van der Waals surface area contributed by atoms with E-state index in [2.05, 4.69) is 0 Å². The van der Waals surface area contributed by atoms with E-state index in [1.165, 1.54) is 11.0 Å². The molecule has 2 aromatic rings. The first-order chi connectivity index (χ1) is 11.0. The van der Waals surface area contributed by atoms with Crippen molar-refractivity contribution in [2.24, 2.45) is 0 Å². The number of ether oxygens (including phenoxy) is 1. The maximum Gasteiger partial charge on any atom is 0.238 e. The number of halogens is 1. The maximum absolute atomic E-state index is 12.7. The largest absolute Gasteiger partial charge is 0.378 e. The van der Waals surface area contributed by atoms with E-state index in [4.69, 9.17) is 16.3 Å². The Morgan fingerprint density at radius 2 is 1.74 bits per heavy atom. The van der Waals surface area contributed by atoms with Crippen LogP contribution in [0, 0.1) is 0 Å². The fourth-order valence-corrected chi connectivity index (χ4v) is 4.33. The molecule has 0 spiro atoms. The van der Waals surface area contributed by atoms with Crippen LogP contribution in [0.1, 0.15) is 0 Å². The summed E-state index contributed by atoms with van der Waals surface area (Å²) in [5.74, 6) is -0.939. The van der Waals surface area contributed by atoms with Crippen LogP contribution in [0.5, 0.6) is 0 Å². The van der Waals surface area contributed by atoms with Crippen LogP contribution in [0.4, 0.5) is 0 Å². The van der Waals surface area contributed by atoms with E-state index in [9.17, 15) is 13.2 Å². The lowest BCUT2D eigenvalue weighted by atomic mass is 10.1. The van der Waals surface area contributed by atoms with Gasteiger partial charge < -0.3 is 9.64 Å². The highest BCUT2D eigenvalue weighted by Gasteiger charge is 2.26. The van der Waals surface area contributed by atoms with Gasteiger partial charge in [-0.15, -0.1) is 0 Å². The van der Waals surface area contributed by atoms with Crippen molar-refractivity contribution < 1.29 is 17.9 Å². The van der Waals surface area contributed by atoms with Crippen LogP contribution < -0.4 is 0 Å². The molecule has 1 heterocycles. The molecular weight excluding hydrogens is 338 g/mol. The van der Waals surface area contributed by atoms with Gasteiger partial charge in [0.1, 0.15) is 5.75 Å². The Morgan fingerprint density at radius 1 is 1.09 bits per heavy atom. The third-order valence-corrected chi connectivity index (χ3v) is 5.83. The third-order valence-electron chi connectivity index (χ3n) is 3.84. The van der Waals surface area contributed by atoms with Gasteiger partial charge in [0.2, 0.25) is 5.91 Å². The minimum absolute atomic E-state index is 0.138. The summed E-state index contributed by atoms with van der Waals surface area (Å²) in [5.41, 5.74) is 0.